The lowest BCUT2D eigenvalue weighted by Gasteiger charge is -2.33. The molecule has 1 aromatic carbocycles. The zero-order valence-electron chi connectivity index (χ0n) is 12.0. The van der Waals surface area contributed by atoms with E-state index in [1.807, 2.05) is 12.1 Å². The number of hydrogen-bond acceptors (Lipinski definition) is 3. The van der Waals surface area contributed by atoms with E-state index in [9.17, 15) is 9.90 Å². The lowest BCUT2D eigenvalue weighted by molar-refractivity contribution is 0.0954. The Morgan fingerprint density at radius 3 is 2.57 bits per heavy atom. The Morgan fingerprint density at radius 2 is 2.05 bits per heavy atom. The second-order valence-electron chi connectivity index (χ2n) is 5.26. The van der Waals surface area contributed by atoms with E-state index in [4.69, 9.17) is 11.5 Å². The first-order chi connectivity index (χ1) is 10.1. The van der Waals surface area contributed by atoms with Gasteiger partial charge in [-0.1, -0.05) is 12.1 Å². The summed E-state index contributed by atoms with van der Waals surface area (Å²) in [5.74, 6) is 0.784. The molecular formula is C15H23N3O2S. The van der Waals surface area contributed by atoms with Crippen LogP contribution < -0.4 is 16.8 Å². The third kappa shape index (κ3) is 4.38. The average Bonchev–Trinajstić information content (AvgIpc) is 2.49. The molecule has 2 atom stereocenters. The molecule has 116 valence electrons. The number of aliphatic hydroxyl groups excluding tert-OH is 1. The van der Waals surface area contributed by atoms with E-state index < -0.39 is 0 Å². The van der Waals surface area contributed by atoms with Gasteiger partial charge >= 0.3 is 0 Å². The molecule has 1 saturated carbocycles. The second-order valence-corrected chi connectivity index (χ2v) is 6.35. The Morgan fingerprint density at radius 1 is 1.33 bits per heavy atom. The monoisotopic (exact) mass is 309 g/mol. The SMILES string of the molecule is NCCNC(=O)c1ccc(C[SH]=C(O)C2CCC2N)cc1. The van der Waals surface area contributed by atoms with Gasteiger partial charge in [0.05, 0.1) is 5.05 Å². The predicted molar refractivity (Wildman–Crippen MR) is 88.9 cm³/mol. The number of carbonyl (C=O) groups excluding carboxylic acids is 1. The van der Waals surface area contributed by atoms with Crippen LogP contribution in [-0.2, 0) is 5.75 Å². The van der Waals surface area contributed by atoms with E-state index in [1.165, 1.54) is 0 Å². The largest absolute Gasteiger partial charge is 0.359 e. The smallest absolute Gasteiger partial charge is 0.251 e. The number of benzene rings is 1. The zero-order chi connectivity index (χ0) is 15.2. The van der Waals surface area contributed by atoms with Gasteiger partial charge in [0.15, 0.2) is 0 Å². The molecule has 21 heavy (non-hydrogen) atoms. The highest BCUT2D eigenvalue weighted by Crippen LogP contribution is 2.27. The summed E-state index contributed by atoms with van der Waals surface area (Å²) in [6.07, 6.45) is 1.98. The van der Waals surface area contributed by atoms with Crippen LogP contribution in [0.25, 0.3) is 0 Å². The third-order valence-electron chi connectivity index (χ3n) is 3.73. The van der Waals surface area contributed by atoms with Crippen LogP contribution in [0.1, 0.15) is 28.8 Å². The quantitative estimate of drug-likeness (QED) is 0.396. The van der Waals surface area contributed by atoms with Crippen LogP contribution in [0.3, 0.4) is 0 Å². The van der Waals surface area contributed by atoms with Crippen molar-refractivity contribution in [2.75, 3.05) is 13.1 Å². The first-order valence-corrected chi connectivity index (χ1v) is 8.26. The van der Waals surface area contributed by atoms with E-state index in [2.05, 4.69) is 5.32 Å². The van der Waals surface area contributed by atoms with Gasteiger partial charge in [0.2, 0.25) is 0 Å². The van der Waals surface area contributed by atoms with Crippen molar-refractivity contribution < 1.29 is 9.90 Å². The minimum atomic E-state index is -0.112. The van der Waals surface area contributed by atoms with E-state index in [-0.39, 0.29) is 17.9 Å². The maximum absolute atomic E-state index is 11.7. The molecule has 0 saturated heterocycles. The summed E-state index contributed by atoms with van der Waals surface area (Å²) in [4.78, 5) is 11.7. The normalized spacial score (nSPS) is 22.1. The van der Waals surface area contributed by atoms with Crippen LogP contribution >= 0.6 is 11.4 Å². The van der Waals surface area contributed by atoms with Gasteiger partial charge in [-0.2, -0.15) is 11.4 Å². The van der Waals surface area contributed by atoms with Gasteiger partial charge in [0, 0.05) is 36.4 Å². The van der Waals surface area contributed by atoms with Crippen molar-refractivity contribution in [3.63, 3.8) is 0 Å². The summed E-state index contributed by atoms with van der Waals surface area (Å²) in [5, 5.41) is 13.2. The van der Waals surface area contributed by atoms with Gasteiger partial charge in [0.25, 0.3) is 5.91 Å². The molecule has 6 N–H and O–H groups in total. The van der Waals surface area contributed by atoms with Crippen LogP contribution in [0.2, 0.25) is 0 Å². The number of thiol groups is 1. The molecule has 1 fully saturated rings. The highest BCUT2D eigenvalue weighted by atomic mass is 32.1. The average molecular weight is 309 g/mol. The summed E-state index contributed by atoms with van der Waals surface area (Å²) in [6.45, 7) is 0.908. The fourth-order valence-corrected chi connectivity index (χ4v) is 3.30. The van der Waals surface area contributed by atoms with Crippen LogP contribution in [0, 0.1) is 5.92 Å². The highest BCUT2D eigenvalue weighted by Gasteiger charge is 2.29. The highest BCUT2D eigenvalue weighted by molar-refractivity contribution is 7.97. The molecule has 5 nitrogen and oxygen atoms in total. The van der Waals surface area contributed by atoms with Gasteiger partial charge in [-0.15, -0.1) is 0 Å². The molecule has 0 heterocycles. The molecular weight excluding hydrogens is 286 g/mol. The molecule has 0 bridgehead atoms. The van der Waals surface area contributed by atoms with Crippen LogP contribution in [0.5, 0.6) is 0 Å². The topological polar surface area (TPSA) is 101 Å². The summed E-state index contributed by atoms with van der Waals surface area (Å²) < 4.78 is 0. The molecule has 1 aliphatic carbocycles. The Bertz CT molecular complexity index is 516. The molecule has 2 rings (SSSR count). The minimum Gasteiger partial charge on any atom is -0.359 e. The van der Waals surface area contributed by atoms with Crippen molar-refractivity contribution in [1.29, 1.82) is 0 Å². The molecule has 6 heteroatoms. The molecule has 2 unspecified atom stereocenters. The lowest BCUT2D eigenvalue weighted by atomic mass is 9.81. The Balaban J connectivity index is 1.90. The van der Waals surface area contributed by atoms with E-state index in [0.717, 1.165) is 35.5 Å². The van der Waals surface area contributed by atoms with Gasteiger partial charge < -0.3 is 21.9 Å². The number of nitrogens with one attached hydrogen (secondary N) is 1. The summed E-state index contributed by atoms with van der Waals surface area (Å²) in [5.41, 5.74) is 12.9. The Labute approximate surface area is 128 Å². The number of aliphatic hydroxyl groups is 1. The van der Waals surface area contributed by atoms with E-state index in [1.54, 1.807) is 12.1 Å². The first kappa shape index (κ1) is 16.2. The fraction of sp³-hybridized carbons (Fsp3) is 0.467. The summed E-state index contributed by atoms with van der Waals surface area (Å²) >= 11 is 0.897. The van der Waals surface area contributed by atoms with Crippen molar-refractivity contribution in [2.24, 2.45) is 17.4 Å². The minimum absolute atomic E-state index is 0.112. The van der Waals surface area contributed by atoms with Crippen LogP contribution in [-0.4, -0.2) is 35.2 Å². The summed E-state index contributed by atoms with van der Waals surface area (Å²) in [7, 11) is 0. The Kier molecular flexibility index (Phi) is 5.93. The maximum Gasteiger partial charge on any atom is 0.251 e. The molecule has 0 aromatic heterocycles. The maximum atomic E-state index is 11.7. The standard InChI is InChI=1S/C15H23N3O2S/c16-7-8-18-14(19)11-3-1-10(2-4-11)9-21-15(20)12-5-6-13(12)17/h1-4,12-13,20-21H,5-9,16-17H2,(H,18,19). The Hall–Kier alpha value is -1.21. The number of amides is 1. The van der Waals surface area contributed by atoms with Gasteiger partial charge in [-0.3, -0.25) is 4.79 Å². The molecule has 0 spiro atoms. The number of nitrogens with two attached hydrogens (primary N) is 2. The number of carbonyl (C=O) groups is 1. The fourth-order valence-electron chi connectivity index (χ4n) is 2.19. The van der Waals surface area contributed by atoms with E-state index >= 15 is 0 Å². The van der Waals surface area contributed by atoms with Crippen molar-refractivity contribution in [3.05, 3.63) is 35.4 Å². The molecule has 0 radical (unpaired) electrons. The van der Waals surface area contributed by atoms with Gasteiger partial charge in [-0.25, -0.2) is 0 Å². The van der Waals surface area contributed by atoms with E-state index in [0.29, 0.717) is 23.7 Å². The van der Waals surface area contributed by atoms with Gasteiger partial charge in [0.1, 0.15) is 0 Å². The van der Waals surface area contributed by atoms with Crippen molar-refractivity contribution >= 4 is 22.3 Å². The van der Waals surface area contributed by atoms with Gasteiger partial charge in [-0.05, 0) is 30.5 Å². The third-order valence-corrected chi connectivity index (χ3v) is 4.91. The zero-order valence-corrected chi connectivity index (χ0v) is 12.9. The molecule has 0 aliphatic heterocycles. The first-order valence-electron chi connectivity index (χ1n) is 7.18. The molecule has 1 aromatic rings. The lowest BCUT2D eigenvalue weighted by Crippen LogP contribution is -2.43. The number of hydrogen-bond donors (Lipinski definition) is 5. The van der Waals surface area contributed by atoms with Crippen LogP contribution in [0.15, 0.2) is 24.3 Å². The molecule has 1 aliphatic rings. The molecule has 1 amide bonds. The van der Waals surface area contributed by atoms with Crippen LogP contribution in [0.4, 0.5) is 0 Å². The van der Waals surface area contributed by atoms with Crippen molar-refractivity contribution in [2.45, 2.75) is 24.6 Å². The van der Waals surface area contributed by atoms with Crippen molar-refractivity contribution in [1.82, 2.24) is 5.32 Å². The number of rotatable bonds is 6. The van der Waals surface area contributed by atoms with Crippen molar-refractivity contribution in [3.8, 4) is 0 Å². The predicted octanol–water partition coefficient (Wildman–Crippen LogP) is 0.766. The summed E-state index contributed by atoms with van der Waals surface area (Å²) in [6, 6.07) is 7.54. The second kappa shape index (κ2) is 7.70.